The van der Waals surface area contributed by atoms with E-state index in [1.807, 2.05) is 6.92 Å². The van der Waals surface area contributed by atoms with Crippen LogP contribution in [0.2, 0.25) is 0 Å². The van der Waals surface area contributed by atoms with Crippen molar-refractivity contribution in [3.63, 3.8) is 0 Å². The van der Waals surface area contributed by atoms with Gasteiger partial charge in [-0.3, -0.25) is 14.2 Å². The molecular formula is C26H25N3O6. The first-order valence-electron chi connectivity index (χ1n) is 11.0. The maximum Gasteiger partial charge on any atom is 0.329 e. The highest BCUT2D eigenvalue weighted by molar-refractivity contribution is 6.04. The lowest BCUT2D eigenvalue weighted by Crippen LogP contribution is -2.35. The second-order valence-corrected chi connectivity index (χ2v) is 7.68. The highest BCUT2D eigenvalue weighted by Crippen LogP contribution is 2.29. The summed E-state index contributed by atoms with van der Waals surface area (Å²) in [5, 5.41) is 3.13. The smallest absolute Gasteiger partial charge is 0.329 e. The second kappa shape index (κ2) is 10.2. The number of carbonyl (C=O) groups excluding carboxylic acids is 1. The molecule has 4 aromatic rings. The Morgan fingerprint density at radius 1 is 0.943 bits per heavy atom. The van der Waals surface area contributed by atoms with Crippen LogP contribution in [0.1, 0.15) is 22.8 Å². The number of H-pyrrole nitrogens is 1. The highest BCUT2D eigenvalue weighted by Gasteiger charge is 2.14. The van der Waals surface area contributed by atoms with E-state index in [4.69, 9.17) is 14.2 Å². The van der Waals surface area contributed by atoms with Gasteiger partial charge in [0.05, 0.1) is 38.3 Å². The number of fused-ring (bicyclic) bond motifs is 1. The Bertz CT molecular complexity index is 1470. The van der Waals surface area contributed by atoms with Gasteiger partial charge in [0.1, 0.15) is 5.75 Å². The van der Waals surface area contributed by atoms with Crippen molar-refractivity contribution < 1.29 is 19.0 Å². The van der Waals surface area contributed by atoms with Gasteiger partial charge in [0.25, 0.3) is 11.5 Å². The van der Waals surface area contributed by atoms with E-state index < -0.39 is 11.2 Å². The molecule has 0 unspecified atom stereocenters. The molecule has 0 fully saturated rings. The van der Waals surface area contributed by atoms with Crippen molar-refractivity contribution in [3.8, 4) is 17.2 Å². The first-order valence-corrected chi connectivity index (χ1v) is 11.0. The number of methoxy groups -OCH3 is 2. The third-order valence-electron chi connectivity index (χ3n) is 5.47. The summed E-state index contributed by atoms with van der Waals surface area (Å²) in [5.74, 6) is 1.25. The van der Waals surface area contributed by atoms with E-state index in [1.165, 1.54) is 20.3 Å². The van der Waals surface area contributed by atoms with Gasteiger partial charge in [0.2, 0.25) is 0 Å². The predicted molar refractivity (Wildman–Crippen MR) is 133 cm³/mol. The summed E-state index contributed by atoms with van der Waals surface area (Å²) >= 11 is 0. The molecule has 0 aliphatic heterocycles. The van der Waals surface area contributed by atoms with Crippen molar-refractivity contribution >= 4 is 22.5 Å². The lowest BCUT2D eigenvalue weighted by atomic mass is 10.1. The first kappa shape index (κ1) is 23.6. The van der Waals surface area contributed by atoms with Gasteiger partial charge in [0, 0.05) is 17.3 Å². The number of ether oxygens (including phenoxy) is 3. The van der Waals surface area contributed by atoms with Crippen LogP contribution in [0.4, 0.5) is 5.69 Å². The average Bonchev–Trinajstić information content (AvgIpc) is 2.87. The minimum Gasteiger partial charge on any atom is -0.494 e. The van der Waals surface area contributed by atoms with E-state index in [0.29, 0.717) is 45.8 Å². The normalized spacial score (nSPS) is 10.7. The van der Waals surface area contributed by atoms with Gasteiger partial charge in [-0.1, -0.05) is 12.1 Å². The Labute approximate surface area is 200 Å². The van der Waals surface area contributed by atoms with E-state index >= 15 is 0 Å². The quantitative estimate of drug-likeness (QED) is 0.404. The molecular weight excluding hydrogens is 450 g/mol. The van der Waals surface area contributed by atoms with E-state index in [1.54, 1.807) is 54.6 Å². The van der Waals surface area contributed by atoms with Crippen molar-refractivity contribution in [1.29, 1.82) is 0 Å². The third-order valence-corrected chi connectivity index (χ3v) is 5.47. The van der Waals surface area contributed by atoms with Crippen LogP contribution in [0.5, 0.6) is 17.2 Å². The number of rotatable bonds is 8. The van der Waals surface area contributed by atoms with E-state index in [2.05, 4.69) is 10.3 Å². The first-order chi connectivity index (χ1) is 16.9. The largest absolute Gasteiger partial charge is 0.494 e. The van der Waals surface area contributed by atoms with Crippen LogP contribution >= 0.6 is 0 Å². The molecule has 0 aliphatic carbocycles. The number of amides is 1. The molecule has 0 atom stereocenters. The number of aromatic nitrogens is 2. The van der Waals surface area contributed by atoms with Gasteiger partial charge in [-0.15, -0.1) is 0 Å². The molecule has 4 rings (SSSR count). The Balaban J connectivity index is 1.54. The lowest BCUT2D eigenvalue weighted by molar-refractivity contribution is 0.102. The summed E-state index contributed by atoms with van der Waals surface area (Å²) in [5.41, 5.74) is 1.13. The minimum atomic E-state index is -0.549. The maximum atomic E-state index is 13.0. The number of nitrogens with one attached hydrogen (secondary N) is 2. The highest BCUT2D eigenvalue weighted by atomic mass is 16.5. The molecule has 0 saturated heterocycles. The summed E-state index contributed by atoms with van der Waals surface area (Å²) in [6, 6.07) is 16.9. The Hall–Kier alpha value is -4.53. The summed E-state index contributed by atoms with van der Waals surface area (Å²) < 4.78 is 17.0. The number of hydrogen-bond acceptors (Lipinski definition) is 6. The van der Waals surface area contributed by atoms with Crippen molar-refractivity contribution in [2.75, 3.05) is 26.1 Å². The number of carbonyl (C=O) groups is 1. The minimum absolute atomic E-state index is 0.0409. The second-order valence-electron chi connectivity index (χ2n) is 7.68. The van der Waals surface area contributed by atoms with Crippen molar-refractivity contribution in [3.05, 3.63) is 92.6 Å². The molecule has 1 aromatic heterocycles. The summed E-state index contributed by atoms with van der Waals surface area (Å²) in [7, 11) is 2.95. The fourth-order valence-corrected chi connectivity index (χ4v) is 3.67. The molecule has 0 saturated carbocycles. The zero-order chi connectivity index (χ0) is 24.9. The summed E-state index contributed by atoms with van der Waals surface area (Å²) in [6.45, 7) is 2.51. The van der Waals surface area contributed by atoms with Crippen LogP contribution in [0.25, 0.3) is 10.9 Å². The van der Waals surface area contributed by atoms with Crippen molar-refractivity contribution in [1.82, 2.24) is 9.55 Å². The van der Waals surface area contributed by atoms with Crippen LogP contribution in [0.15, 0.2) is 70.3 Å². The topological polar surface area (TPSA) is 112 Å². The molecule has 0 radical (unpaired) electrons. The number of anilines is 1. The molecule has 1 heterocycles. The van der Waals surface area contributed by atoms with E-state index in [-0.39, 0.29) is 12.5 Å². The zero-order valence-corrected chi connectivity index (χ0v) is 19.6. The van der Waals surface area contributed by atoms with Gasteiger partial charge in [-0.25, -0.2) is 4.79 Å². The number of benzene rings is 3. The van der Waals surface area contributed by atoms with Crippen LogP contribution < -0.4 is 30.8 Å². The monoisotopic (exact) mass is 475 g/mol. The molecule has 180 valence electrons. The molecule has 3 aromatic carbocycles. The van der Waals surface area contributed by atoms with Gasteiger partial charge >= 0.3 is 5.69 Å². The van der Waals surface area contributed by atoms with Crippen LogP contribution in [-0.4, -0.2) is 36.3 Å². The lowest BCUT2D eigenvalue weighted by Gasteiger charge is -2.11. The molecule has 9 nitrogen and oxygen atoms in total. The number of hydrogen-bond donors (Lipinski definition) is 2. The van der Waals surface area contributed by atoms with E-state index in [9.17, 15) is 14.4 Å². The Morgan fingerprint density at radius 3 is 2.23 bits per heavy atom. The standard InChI is InChI=1S/C26H25N3O6/c1-4-35-19-11-9-18(10-12-19)27-24(30)17-7-5-16(6-8-17)15-29-25(31)20-13-22(33-2)23(34-3)14-21(20)28-26(29)32/h5-14H,4,15H2,1-3H3,(H,27,30)(H,28,32). The molecule has 1 amide bonds. The van der Waals surface area contributed by atoms with Crippen LogP contribution in [-0.2, 0) is 6.54 Å². The molecule has 35 heavy (non-hydrogen) atoms. The third kappa shape index (κ3) is 5.03. The fraction of sp³-hybridized carbons (Fsp3) is 0.192. The predicted octanol–water partition coefficient (Wildman–Crippen LogP) is 3.41. The SMILES string of the molecule is CCOc1ccc(NC(=O)c2ccc(Cn3c(=O)[nH]c4cc(OC)c(OC)cc4c3=O)cc2)cc1. The fourth-order valence-electron chi connectivity index (χ4n) is 3.67. The van der Waals surface area contributed by atoms with E-state index in [0.717, 1.165) is 10.3 Å². The van der Waals surface area contributed by atoms with Crippen LogP contribution in [0, 0.1) is 0 Å². The zero-order valence-electron chi connectivity index (χ0n) is 19.6. The maximum absolute atomic E-state index is 13.0. The Morgan fingerprint density at radius 2 is 1.60 bits per heavy atom. The number of aromatic amines is 1. The van der Waals surface area contributed by atoms with Gasteiger partial charge < -0.3 is 24.5 Å². The summed E-state index contributed by atoms with van der Waals surface area (Å²) in [4.78, 5) is 41.0. The molecule has 0 bridgehead atoms. The van der Waals surface area contributed by atoms with Crippen molar-refractivity contribution in [2.24, 2.45) is 0 Å². The molecule has 0 spiro atoms. The Kier molecular flexibility index (Phi) is 6.86. The van der Waals surface area contributed by atoms with Gasteiger partial charge in [-0.2, -0.15) is 0 Å². The molecule has 2 N–H and O–H groups in total. The number of nitrogens with zero attached hydrogens (tertiary/aromatic N) is 1. The average molecular weight is 476 g/mol. The summed E-state index contributed by atoms with van der Waals surface area (Å²) in [6.07, 6.45) is 0. The van der Waals surface area contributed by atoms with Crippen LogP contribution in [0.3, 0.4) is 0 Å². The van der Waals surface area contributed by atoms with Gasteiger partial charge in [0.15, 0.2) is 11.5 Å². The molecule has 0 aliphatic rings. The molecule has 9 heteroatoms. The van der Waals surface area contributed by atoms with Crippen molar-refractivity contribution in [2.45, 2.75) is 13.5 Å². The van der Waals surface area contributed by atoms with Gasteiger partial charge in [-0.05, 0) is 55.0 Å².